The Morgan fingerprint density at radius 3 is 2.81 bits per heavy atom. The fraction of sp³-hybridized carbons (Fsp3) is 0.400. The predicted molar refractivity (Wildman–Crippen MR) is 88.6 cm³/mol. The van der Waals surface area contributed by atoms with Gasteiger partial charge in [-0.2, -0.15) is 0 Å². The van der Waals surface area contributed by atoms with Gasteiger partial charge in [-0.25, -0.2) is 0 Å². The van der Waals surface area contributed by atoms with Crippen molar-refractivity contribution in [1.82, 2.24) is 10.2 Å². The van der Waals surface area contributed by atoms with Gasteiger partial charge in [-0.1, -0.05) is 49.8 Å². The number of nitrogens with one attached hydrogen (secondary N) is 1. The molecular formula is C15H19N3OS2. The Bertz CT molecular complexity index is 571. The van der Waals surface area contributed by atoms with Crippen LogP contribution in [0.1, 0.15) is 31.7 Å². The number of hydrogen-bond acceptors (Lipinski definition) is 5. The van der Waals surface area contributed by atoms with Crippen LogP contribution < -0.4 is 5.32 Å². The van der Waals surface area contributed by atoms with Crippen LogP contribution in [0.2, 0.25) is 0 Å². The van der Waals surface area contributed by atoms with Gasteiger partial charge in [0.05, 0.1) is 5.75 Å². The highest BCUT2D eigenvalue weighted by Gasteiger charge is 2.14. The molecule has 1 unspecified atom stereocenters. The van der Waals surface area contributed by atoms with Crippen LogP contribution in [0.25, 0.3) is 0 Å². The van der Waals surface area contributed by atoms with Gasteiger partial charge >= 0.3 is 0 Å². The number of carbonyl (C=O) groups is 1. The van der Waals surface area contributed by atoms with E-state index in [1.807, 2.05) is 25.1 Å². The van der Waals surface area contributed by atoms with Crippen LogP contribution in [0.4, 0.5) is 5.13 Å². The molecule has 1 heterocycles. The lowest BCUT2D eigenvalue weighted by molar-refractivity contribution is -0.119. The summed E-state index contributed by atoms with van der Waals surface area (Å²) < 4.78 is 0. The molecule has 1 atom stereocenters. The maximum Gasteiger partial charge on any atom is 0.229 e. The maximum absolute atomic E-state index is 11.9. The molecule has 0 fully saturated rings. The molecule has 1 N–H and O–H groups in total. The number of amides is 1. The summed E-state index contributed by atoms with van der Waals surface area (Å²) in [6.45, 7) is 4.01. The first-order chi connectivity index (χ1) is 10.2. The lowest BCUT2D eigenvalue weighted by Gasteiger charge is -2.07. The maximum atomic E-state index is 11.9. The van der Waals surface area contributed by atoms with E-state index in [2.05, 4.69) is 34.6 Å². The Morgan fingerprint density at radius 1 is 1.33 bits per heavy atom. The molecule has 21 heavy (non-hydrogen) atoms. The van der Waals surface area contributed by atoms with Crippen molar-refractivity contribution in [1.29, 1.82) is 0 Å². The number of aromatic nitrogens is 2. The first kappa shape index (κ1) is 16.0. The van der Waals surface area contributed by atoms with Crippen molar-refractivity contribution in [3.05, 3.63) is 35.3 Å². The zero-order valence-corrected chi connectivity index (χ0v) is 13.8. The molecule has 112 valence electrons. The van der Waals surface area contributed by atoms with E-state index in [-0.39, 0.29) is 11.8 Å². The van der Waals surface area contributed by atoms with Crippen LogP contribution in [0.3, 0.4) is 0 Å². The first-order valence-electron chi connectivity index (χ1n) is 7.00. The van der Waals surface area contributed by atoms with Gasteiger partial charge < -0.3 is 5.32 Å². The Balaban J connectivity index is 1.85. The van der Waals surface area contributed by atoms with Gasteiger partial charge in [0.25, 0.3) is 0 Å². The van der Waals surface area contributed by atoms with Crippen LogP contribution >= 0.6 is 23.1 Å². The minimum Gasteiger partial charge on any atom is -0.300 e. The second-order valence-electron chi connectivity index (χ2n) is 4.78. The molecule has 0 aliphatic heterocycles. The number of hydrogen-bond donors (Lipinski definition) is 1. The molecule has 1 aromatic heterocycles. The molecule has 0 aliphatic rings. The predicted octanol–water partition coefficient (Wildman–Crippen LogP) is 4.21. The SMILES string of the molecule is CCCC(C)C(=O)Nc1nnc(CSc2ccccc2)s1. The van der Waals surface area contributed by atoms with Crippen molar-refractivity contribution < 1.29 is 4.79 Å². The highest BCUT2D eigenvalue weighted by Crippen LogP contribution is 2.25. The van der Waals surface area contributed by atoms with Gasteiger partial charge in [-0.3, -0.25) is 4.79 Å². The average molecular weight is 321 g/mol. The summed E-state index contributed by atoms with van der Waals surface area (Å²) in [4.78, 5) is 13.1. The first-order valence-corrected chi connectivity index (χ1v) is 8.80. The molecule has 2 aromatic rings. The number of nitrogens with zero attached hydrogens (tertiary/aromatic N) is 2. The third-order valence-corrected chi connectivity index (χ3v) is 5.02. The summed E-state index contributed by atoms with van der Waals surface area (Å²) in [7, 11) is 0. The monoisotopic (exact) mass is 321 g/mol. The van der Waals surface area contributed by atoms with Gasteiger partial charge in [0.2, 0.25) is 11.0 Å². The molecule has 2 rings (SSSR count). The molecule has 0 bridgehead atoms. The summed E-state index contributed by atoms with van der Waals surface area (Å²) in [5.74, 6) is 0.804. The van der Waals surface area contributed by atoms with Crippen LogP contribution in [-0.4, -0.2) is 16.1 Å². The van der Waals surface area contributed by atoms with E-state index in [0.29, 0.717) is 5.13 Å². The highest BCUT2D eigenvalue weighted by atomic mass is 32.2. The zero-order valence-electron chi connectivity index (χ0n) is 12.2. The van der Waals surface area contributed by atoms with E-state index in [1.165, 1.54) is 16.2 Å². The number of carbonyl (C=O) groups excluding carboxylic acids is 1. The number of benzene rings is 1. The van der Waals surface area contributed by atoms with Gasteiger partial charge in [-0.05, 0) is 18.6 Å². The van der Waals surface area contributed by atoms with Crippen molar-refractivity contribution in [3.8, 4) is 0 Å². The van der Waals surface area contributed by atoms with Crippen molar-refractivity contribution in [3.63, 3.8) is 0 Å². The minimum absolute atomic E-state index is 0.0149. The summed E-state index contributed by atoms with van der Waals surface area (Å²) in [6, 6.07) is 10.2. The third kappa shape index (κ3) is 5.13. The van der Waals surface area contributed by atoms with Gasteiger partial charge in [-0.15, -0.1) is 22.0 Å². The molecular weight excluding hydrogens is 302 g/mol. The quantitative estimate of drug-likeness (QED) is 0.776. The Kier molecular flexibility index (Phi) is 6.20. The Morgan fingerprint density at radius 2 is 2.10 bits per heavy atom. The van der Waals surface area contributed by atoms with Gasteiger partial charge in [0.1, 0.15) is 5.01 Å². The molecule has 6 heteroatoms. The number of thioether (sulfide) groups is 1. The standard InChI is InChI=1S/C15H19N3OS2/c1-3-7-11(2)14(19)16-15-18-17-13(21-15)10-20-12-8-5-4-6-9-12/h4-6,8-9,11H,3,7,10H2,1-2H3,(H,16,18,19). The topological polar surface area (TPSA) is 54.9 Å². The smallest absolute Gasteiger partial charge is 0.229 e. The normalized spacial score (nSPS) is 12.1. The number of anilines is 1. The lowest BCUT2D eigenvalue weighted by atomic mass is 10.1. The van der Waals surface area contributed by atoms with E-state index in [1.54, 1.807) is 11.8 Å². The van der Waals surface area contributed by atoms with Crippen molar-refractivity contribution in [2.45, 2.75) is 37.3 Å². The molecule has 0 radical (unpaired) electrons. The van der Waals surface area contributed by atoms with Crippen molar-refractivity contribution in [2.75, 3.05) is 5.32 Å². The second-order valence-corrected chi connectivity index (χ2v) is 6.89. The van der Waals surface area contributed by atoms with Crippen molar-refractivity contribution in [2.24, 2.45) is 5.92 Å². The van der Waals surface area contributed by atoms with Gasteiger partial charge in [0, 0.05) is 10.8 Å². The van der Waals surface area contributed by atoms with Crippen LogP contribution in [-0.2, 0) is 10.5 Å². The van der Waals surface area contributed by atoms with E-state index >= 15 is 0 Å². The fourth-order valence-corrected chi connectivity index (χ4v) is 3.46. The van der Waals surface area contributed by atoms with E-state index in [4.69, 9.17) is 0 Å². The summed E-state index contributed by atoms with van der Waals surface area (Å²) in [5, 5.41) is 12.5. The van der Waals surface area contributed by atoms with E-state index in [9.17, 15) is 4.79 Å². The van der Waals surface area contributed by atoms with E-state index < -0.39 is 0 Å². The highest BCUT2D eigenvalue weighted by molar-refractivity contribution is 7.98. The molecule has 0 aliphatic carbocycles. The van der Waals surface area contributed by atoms with Crippen LogP contribution in [0.5, 0.6) is 0 Å². The zero-order chi connectivity index (χ0) is 15.1. The summed E-state index contributed by atoms with van der Waals surface area (Å²) >= 11 is 3.16. The van der Waals surface area contributed by atoms with Crippen molar-refractivity contribution >= 4 is 34.1 Å². The second kappa shape index (κ2) is 8.14. The minimum atomic E-state index is 0.0149. The molecule has 4 nitrogen and oxygen atoms in total. The van der Waals surface area contributed by atoms with Gasteiger partial charge in [0.15, 0.2) is 0 Å². The van der Waals surface area contributed by atoms with E-state index in [0.717, 1.165) is 23.6 Å². The fourth-order valence-electron chi connectivity index (χ4n) is 1.82. The lowest BCUT2D eigenvalue weighted by Crippen LogP contribution is -2.20. The average Bonchev–Trinajstić information content (AvgIpc) is 2.94. The van der Waals surface area contributed by atoms with Crippen LogP contribution in [0, 0.1) is 5.92 Å². The third-order valence-electron chi connectivity index (χ3n) is 2.97. The molecule has 1 aromatic carbocycles. The summed E-state index contributed by atoms with van der Waals surface area (Å²) in [5.41, 5.74) is 0. The molecule has 1 amide bonds. The molecule has 0 saturated heterocycles. The number of rotatable bonds is 7. The molecule has 0 spiro atoms. The van der Waals surface area contributed by atoms with Crippen LogP contribution in [0.15, 0.2) is 35.2 Å². The largest absolute Gasteiger partial charge is 0.300 e. The molecule has 0 saturated carbocycles. The summed E-state index contributed by atoms with van der Waals surface area (Å²) in [6.07, 6.45) is 1.89. The Labute approximate surface area is 133 Å². The Hall–Kier alpha value is -1.40.